The summed E-state index contributed by atoms with van der Waals surface area (Å²) in [5, 5.41) is 13.5. The van der Waals surface area contributed by atoms with E-state index in [-0.39, 0.29) is 33.7 Å². The number of nitro benzene ring substituents is 1. The predicted octanol–water partition coefficient (Wildman–Crippen LogP) is 3.72. The Kier molecular flexibility index (Phi) is 6.65. The Balaban J connectivity index is 1.39. The van der Waals surface area contributed by atoms with E-state index in [9.17, 15) is 28.1 Å². The summed E-state index contributed by atoms with van der Waals surface area (Å²) < 4.78 is 25.6. The first-order valence-corrected chi connectivity index (χ1v) is 12.4. The Labute approximate surface area is 202 Å². The summed E-state index contributed by atoms with van der Waals surface area (Å²) in [5.41, 5.74) is 2.33. The molecule has 0 aromatic heterocycles. The number of aryl methyl sites for hydroxylation is 1. The van der Waals surface area contributed by atoms with Gasteiger partial charge < -0.3 is 10.2 Å². The monoisotopic (exact) mass is 493 g/mol. The smallest absolute Gasteiger partial charge is 0.269 e. The second-order valence-corrected chi connectivity index (χ2v) is 10.4. The maximum Gasteiger partial charge on any atom is 0.269 e. The van der Waals surface area contributed by atoms with Crippen LogP contribution in [0.15, 0.2) is 82.6 Å². The molecule has 0 spiro atoms. The minimum atomic E-state index is -3.88. The number of nitrogens with one attached hydrogen (secondary N) is 1. The second-order valence-electron chi connectivity index (χ2n) is 8.43. The highest BCUT2D eigenvalue weighted by atomic mass is 32.2. The molecule has 4 rings (SSSR count). The van der Waals surface area contributed by atoms with Crippen molar-refractivity contribution in [1.82, 2.24) is 4.90 Å². The third kappa shape index (κ3) is 5.38. The molecule has 0 aliphatic carbocycles. The summed E-state index contributed by atoms with van der Waals surface area (Å²) in [6.07, 6.45) is 0.115. The number of carbonyl (C=O) groups is 2. The molecule has 2 amide bonds. The van der Waals surface area contributed by atoms with Crippen molar-refractivity contribution in [3.05, 3.63) is 94.0 Å². The number of anilines is 1. The van der Waals surface area contributed by atoms with E-state index in [2.05, 4.69) is 5.32 Å². The number of hydrogen-bond donors (Lipinski definition) is 1. The summed E-state index contributed by atoms with van der Waals surface area (Å²) in [4.78, 5) is 36.9. The third-order valence-electron chi connectivity index (χ3n) is 5.87. The van der Waals surface area contributed by atoms with Gasteiger partial charge in [-0.15, -0.1) is 0 Å². The first kappa shape index (κ1) is 24.1. The van der Waals surface area contributed by atoms with Crippen molar-refractivity contribution in [1.29, 1.82) is 0 Å². The van der Waals surface area contributed by atoms with Crippen LogP contribution in [-0.4, -0.2) is 36.6 Å². The van der Waals surface area contributed by atoms with Crippen LogP contribution in [0, 0.1) is 23.0 Å². The molecule has 1 aliphatic heterocycles. The molecule has 1 unspecified atom stereocenters. The number of hydrogen-bond acceptors (Lipinski definition) is 6. The normalized spacial score (nSPS) is 15.7. The zero-order valence-electron chi connectivity index (χ0n) is 18.9. The molecule has 0 bridgehead atoms. The lowest BCUT2D eigenvalue weighted by molar-refractivity contribution is -0.384. The largest absolute Gasteiger partial charge is 0.338 e. The molecule has 3 aromatic rings. The van der Waals surface area contributed by atoms with E-state index in [1.807, 2.05) is 31.2 Å². The molecule has 0 saturated carbocycles. The van der Waals surface area contributed by atoms with Crippen LogP contribution in [0.1, 0.15) is 17.5 Å². The number of nitro groups is 1. The van der Waals surface area contributed by atoms with Crippen molar-refractivity contribution in [3.63, 3.8) is 0 Å². The minimum Gasteiger partial charge on any atom is -0.338 e. The zero-order chi connectivity index (χ0) is 25.2. The highest BCUT2D eigenvalue weighted by Crippen LogP contribution is 2.26. The van der Waals surface area contributed by atoms with Gasteiger partial charge in [-0.1, -0.05) is 29.8 Å². The van der Waals surface area contributed by atoms with Gasteiger partial charge in [-0.05, 0) is 48.9 Å². The van der Waals surface area contributed by atoms with Crippen molar-refractivity contribution in [3.8, 4) is 0 Å². The van der Waals surface area contributed by atoms with Crippen LogP contribution in [-0.2, 0) is 26.0 Å². The maximum absolute atomic E-state index is 12.8. The molecule has 1 aliphatic rings. The number of non-ortho nitro benzene ring substituents is 1. The van der Waals surface area contributed by atoms with E-state index in [1.54, 1.807) is 4.90 Å². The van der Waals surface area contributed by atoms with Gasteiger partial charge in [0.1, 0.15) is 0 Å². The Morgan fingerprint density at radius 3 is 2.14 bits per heavy atom. The Morgan fingerprint density at radius 2 is 1.57 bits per heavy atom. The van der Waals surface area contributed by atoms with Gasteiger partial charge in [-0.2, -0.15) is 0 Å². The van der Waals surface area contributed by atoms with Gasteiger partial charge in [-0.3, -0.25) is 19.7 Å². The van der Waals surface area contributed by atoms with Crippen molar-refractivity contribution in [2.45, 2.75) is 29.7 Å². The quantitative estimate of drug-likeness (QED) is 0.395. The Morgan fingerprint density at radius 1 is 1.00 bits per heavy atom. The first-order valence-electron chi connectivity index (χ1n) is 10.9. The highest BCUT2D eigenvalue weighted by molar-refractivity contribution is 7.91. The molecule has 1 heterocycles. The van der Waals surface area contributed by atoms with E-state index in [0.29, 0.717) is 18.8 Å². The van der Waals surface area contributed by atoms with Crippen LogP contribution in [0.25, 0.3) is 0 Å². The van der Waals surface area contributed by atoms with Crippen molar-refractivity contribution in [2.24, 2.45) is 5.92 Å². The van der Waals surface area contributed by atoms with E-state index in [0.717, 1.165) is 23.3 Å². The summed E-state index contributed by atoms with van der Waals surface area (Å²) >= 11 is 0. The molecular weight excluding hydrogens is 470 g/mol. The maximum atomic E-state index is 12.8. The molecule has 1 fully saturated rings. The fourth-order valence-electron chi connectivity index (χ4n) is 3.86. The molecule has 1 atom stereocenters. The number of sulfone groups is 1. The van der Waals surface area contributed by atoms with Gasteiger partial charge in [0.2, 0.25) is 21.7 Å². The van der Waals surface area contributed by atoms with Crippen LogP contribution >= 0.6 is 0 Å². The lowest BCUT2D eigenvalue weighted by atomic mass is 10.1. The van der Waals surface area contributed by atoms with Gasteiger partial charge in [0.25, 0.3) is 5.69 Å². The van der Waals surface area contributed by atoms with E-state index in [4.69, 9.17) is 0 Å². The third-order valence-corrected chi connectivity index (χ3v) is 7.65. The van der Waals surface area contributed by atoms with E-state index < -0.39 is 20.7 Å². The van der Waals surface area contributed by atoms with E-state index in [1.165, 1.54) is 36.4 Å². The number of amides is 2. The zero-order valence-corrected chi connectivity index (χ0v) is 19.7. The molecule has 35 heavy (non-hydrogen) atoms. The summed E-state index contributed by atoms with van der Waals surface area (Å²) in [6, 6.07) is 18.2. The van der Waals surface area contributed by atoms with Crippen molar-refractivity contribution >= 4 is 33.0 Å². The lowest BCUT2D eigenvalue weighted by Crippen LogP contribution is -2.28. The summed E-state index contributed by atoms with van der Waals surface area (Å²) in [5.74, 6) is -0.900. The molecule has 1 saturated heterocycles. The summed E-state index contributed by atoms with van der Waals surface area (Å²) in [7, 11) is -3.88. The van der Waals surface area contributed by atoms with Gasteiger partial charge in [0, 0.05) is 37.3 Å². The lowest BCUT2D eigenvalue weighted by Gasteiger charge is -2.17. The van der Waals surface area contributed by atoms with Crippen molar-refractivity contribution in [2.75, 3.05) is 11.9 Å². The number of carbonyl (C=O) groups excluding carboxylic acids is 2. The Hall–Kier alpha value is -4.05. The SMILES string of the molecule is Cc1ccc(CN2CC(C(=O)Nc3ccc(S(=O)(=O)c4ccc([N+](=O)[O-])cc4)cc3)CC2=O)cc1. The molecule has 3 aromatic carbocycles. The van der Waals surface area contributed by atoms with Crippen LogP contribution < -0.4 is 5.32 Å². The molecular formula is C25H23N3O6S. The fraction of sp³-hybridized carbons (Fsp3) is 0.200. The van der Waals surface area contributed by atoms with Gasteiger partial charge in [0.05, 0.1) is 20.6 Å². The average Bonchev–Trinajstić information content (AvgIpc) is 3.21. The molecule has 10 heteroatoms. The van der Waals surface area contributed by atoms with Gasteiger partial charge in [0.15, 0.2) is 0 Å². The number of benzene rings is 3. The minimum absolute atomic E-state index is 0.00957. The average molecular weight is 494 g/mol. The molecule has 9 nitrogen and oxygen atoms in total. The van der Waals surface area contributed by atoms with Crippen LogP contribution in [0.3, 0.4) is 0 Å². The van der Waals surface area contributed by atoms with E-state index >= 15 is 0 Å². The fourth-order valence-corrected chi connectivity index (χ4v) is 5.12. The predicted molar refractivity (Wildman–Crippen MR) is 128 cm³/mol. The standard InChI is InChI=1S/C25H23N3O6S/c1-17-2-4-18(5-3-17)15-27-16-19(14-24(27)29)25(30)26-20-6-10-22(11-7-20)35(33,34)23-12-8-21(9-13-23)28(31)32/h2-13,19H,14-16H2,1H3,(H,26,30). The number of likely N-dealkylation sites (tertiary alicyclic amines) is 1. The Bertz CT molecular complexity index is 1370. The first-order chi connectivity index (χ1) is 16.6. The second kappa shape index (κ2) is 9.67. The summed E-state index contributed by atoms with van der Waals surface area (Å²) in [6.45, 7) is 2.74. The topological polar surface area (TPSA) is 127 Å². The van der Waals surface area contributed by atoms with Gasteiger partial charge >= 0.3 is 0 Å². The number of rotatable bonds is 7. The molecule has 0 radical (unpaired) electrons. The molecule has 1 N–H and O–H groups in total. The highest BCUT2D eigenvalue weighted by Gasteiger charge is 2.34. The van der Waals surface area contributed by atoms with Gasteiger partial charge in [-0.25, -0.2) is 8.42 Å². The van der Waals surface area contributed by atoms with Crippen LogP contribution in [0.2, 0.25) is 0 Å². The van der Waals surface area contributed by atoms with Crippen LogP contribution in [0.4, 0.5) is 11.4 Å². The number of nitrogens with zero attached hydrogens (tertiary/aromatic N) is 2. The van der Waals surface area contributed by atoms with Crippen LogP contribution in [0.5, 0.6) is 0 Å². The van der Waals surface area contributed by atoms with Crippen molar-refractivity contribution < 1.29 is 22.9 Å². The molecule has 180 valence electrons.